The third-order valence-electron chi connectivity index (χ3n) is 2.89. The number of aromatic nitrogens is 2. The van der Waals surface area contributed by atoms with E-state index in [1.807, 2.05) is 11.7 Å². The second kappa shape index (κ2) is 8.27. The smallest absolute Gasteiger partial charge is 0.0625 e. The Morgan fingerprint density at radius 2 is 2.17 bits per heavy atom. The van der Waals surface area contributed by atoms with E-state index in [0.29, 0.717) is 6.10 Å². The van der Waals surface area contributed by atoms with Crippen molar-refractivity contribution in [3.63, 3.8) is 0 Å². The molecule has 0 aliphatic heterocycles. The molecule has 0 saturated carbocycles. The number of nitrogens with one attached hydrogen (secondary N) is 1. The van der Waals surface area contributed by atoms with E-state index >= 15 is 0 Å². The average Bonchev–Trinajstić information content (AvgIpc) is 2.68. The summed E-state index contributed by atoms with van der Waals surface area (Å²) >= 11 is 0. The van der Waals surface area contributed by atoms with E-state index in [9.17, 15) is 0 Å². The van der Waals surface area contributed by atoms with Gasteiger partial charge in [0.25, 0.3) is 0 Å². The van der Waals surface area contributed by atoms with Crippen LogP contribution in [0.25, 0.3) is 0 Å². The molecule has 0 spiro atoms. The van der Waals surface area contributed by atoms with Gasteiger partial charge in [-0.3, -0.25) is 4.68 Å². The molecule has 0 unspecified atom stereocenters. The highest BCUT2D eigenvalue weighted by molar-refractivity contribution is 5.09. The minimum absolute atomic E-state index is 0.347. The van der Waals surface area contributed by atoms with Gasteiger partial charge in [0.1, 0.15) is 0 Å². The van der Waals surface area contributed by atoms with Crippen LogP contribution in [0.15, 0.2) is 6.07 Å². The SMILES string of the molecule is CCc1cc(CNCCCCOC(C)C)n(C)n1. The highest BCUT2D eigenvalue weighted by Crippen LogP contribution is 2.03. The Balaban J connectivity index is 2.08. The number of hydrogen-bond acceptors (Lipinski definition) is 3. The van der Waals surface area contributed by atoms with E-state index in [1.165, 1.54) is 11.4 Å². The minimum Gasteiger partial charge on any atom is -0.379 e. The second-order valence-electron chi connectivity index (χ2n) is 4.91. The van der Waals surface area contributed by atoms with Crippen LogP contribution in [0.4, 0.5) is 0 Å². The summed E-state index contributed by atoms with van der Waals surface area (Å²) in [7, 11) is 2.01. The molecular formula is C14H27N3O. The van der Waals surface area contributed by atoms with Gasteiger partial charge in [0, 0.05) is 20.2 Å². The number of nitrogens with zero attached hydrogens (tertiary/aromatic N) is 2. The lowest BCUT2D eigenvalue weighted by Crippen LogP contribution is -2.17. The van der Waals surface area contributed by atoms with Crippen LogP contribution in [0.1, 0.15) is 45.0 Å². The van der Waals surface area contributed by atoms with E-state index in [0.717, 1.165) is 39.0 Å². The van der Waals surface area contributed by atoms with Crippen LogP contribution in [-0.4, -0.2) is 29.0 Å². The summed E-state index contributed by atoms with van der Waals surface area (Å²) in [6, 6.07) is 2.18. The van der Waals surface area contributed by atoms with Crippen molar-refractivity contribution >= 4 is 0 Å². The molecule has 4 nitrogen and oxygen atoms in total. The molecule has 104 valence electrons. The largest absolute Gasteiger partial charge is 0.379 e. The normalized spacial score (nSPS) is 11.4. The van der Waals surface area contributed by atoms with Gasteiger partial charge in [-0.05, 0) is 45.7 Å². The Kier molecular flexibility index (Phi) is 6.98. The van der Waals surface area contributed by atoms with E-state index in [1.54, 1.807) is 0 Å². The summed E-state index contributed by atoms with van der Waals surface area (Å²) in [6.07, 6.45) is 3.63. The van der Waals surface area contributed by atoms with Gasteiger partial charge >= 0.3 is 0 Å². The van der Waals surface area contributed by atoms with E-state index in [4.69, 9.17) is 4.74 Å². The lowest BCUT2D eigenvalue weighted by molar-refractivity contribution is 0.0760. The lowest BCUT2D eigenvalue weighted by Gasteiger charge is -2.08. The van der Waals surface area contributed by atoms with Gasteiger partial charge in [0.05, 0.1) is 17.5 Å². The molecular weight excluding hydrogens is 226 g/mol. The quantitative estimate of drug-likeness (QED) is 0.686. The number of aryl methyl sites for hydroxylation is 2. The van der Waals surface area contributed by atoms with Crippen molar-refractivity contribution in [3.8, 4) is 0 Å². The number of hydrogen-bond donors (Lipinski definition) is 1. The first-order valence-corrected chi connectivity index (χ1v) is 6.97. The Bertz CT molecular complexity index is 334. The summed E-state index contributed by atoms with van der Waals surface area (Å²) in [5, 5.41) is 7.89. The summed E-state index contributed by atoms with van der Waals surface area (Å²) in [5.74, 6) is 0. The molecule has 1 heterocycles. The molecule has 0 radical (unpaired) electrons. The summed E-state index contributed by atoms with van der Waals surface area (Å²) in [5.41, 5.74) is 2.42. The van der Waals surface area contributed by atoms with E-state index in [2.05, 4.69) is 37.3 Å². The molecule has 0 fully saturated rings. The molecule has 0 aliphatic rings. The maximum atomic E-state index is 5.50. The van der Waals surface area contributed by atoms with Crippen molar-refractivity contribution in [2.75, 3.05) is 13.2 Å². The van der Waals surface area contributed by atoms with Gasteiger partial charge in [-0.2, -0.15) is 5.10 Å². The van der Waals surface area contributed by atoms with Gasteiger partial charge in [0.2, 0.25) is 0 Å². The molecule has 0 amide bonds. The Labute approximate surface area is 111 Å². The molecule has 0 aliphatic carbocycles. The predicted octanol–water partition coefficient (Wildman–Crippen LogP) is 2.28. The number of unbranched alkanes of at least 4 members (excludes halogenated alkanes) is 1. The first kappa shape index (κ1) is 15.2. The Morgan fingerprint density at radius 3 is 2.78 bits per heavy atom. The summed E-state index contributed by atoms with van der Waals surface area (Å²) < 4.78 is 7.47. The van der Waals surface area contributed by atoms with E-state index in [-0.39, 0.29) is 0 Å². The van der Waals surface area contributed by atoms with Crippen LogP contribution in [-0.2, 0) is 24.8 Å². The molecule has 0 saturated heterocycles. The van der Waals surface area contributed by atoms with Crippen LogP contribution >= 0.6 is 0 Å². The van der Waals surface area contributed by atoms with Gasteiger partial charge in [0.15, 0.2) is 0 Å². The zero-order valence-corrected chi connectivity index (χ0v) is 12.2. The Morgan fingerprint density at radius 1 is 1.39 bits per heavy atom. The van der Waals surface area contributed by atoms with E-state index < -0.39 is 0 Å². The van der Waals surface area contributed by atoms with Gasteiger partial charge in [-0.15, -0.1) is 0 Å². The van der Waals surface area contributed by atoms with Crippen molar-refractivity contribution in [2.45, 2.75) is 52.7 Å². The molecule has 0 bridgehead atoms. The van der Waals surface area contributed by atoms with Crippen LogP contribution in [0.5, 0.6) is 0 Å². The summed E-state index contributed by atoms with van der Waals surface area (Å²) in [6.45, 7) is 9.08. The fraction of sp³-hybridized carbons (Fsp3) is 0.786. The molecule has 1 aromatic rings. The number of rotatable bonds is 9. The Hall–Kier alpha value is -0.870. The first-order chi connectivity index (χ1) is 8.63. The molecule has 1 aromatic heterocycles. The van der Waals surface area contributed by atoms with Crippen LogP contribution < -0.4 is 5.32 Å². The highest BCUT2D eigenvalue weighted by atomic mass is 16.5. The van der Waals surface area contributed by atoms with Gasteiger partial charge in [-0.1, -0.05) is 6.92 Å². The van der Waals surface area contributed by atoms with Gasteiger partial charge in [-0.25, -0.2) is 0 Å². The van der Waals surface area contributed by atoms with Crippen LogP contribution in [0.3, 0.4) is 0 Å². The topological polar surface area (TPSA) is 39.1 Å². The first-order valence-electron chi connectivity index (χ1n) is 6.97. The third kappa shape index (κ3) is 5.65. The zero-order chi connectivity index (χ0) is 13.4. The molecule has 4 heteroatoms. The maximum absolute atomic E-state index is 5.50. The molecule has 0 atom stereocenters. The molecule has 18 heavy (non-hydrogen) atoms. The molecule has 1 rings (SSSR count). The van der Waals surface area contributed by atoms with Gasteiger partial charge < -0.3 is 10.1 Å². The van der Waals surface area contributed by atoms with Crippen LogP contribution in [0, 0.1) is 0 Å². The summed E-state index contributed by atoms with van der Waals surface area (Å²) in [4.78, 5) is 0. The molecule has 0 aromatic carbocycles. The lowest BCUT2D eigenvalue weighted by atomic mass is 10.3. The van der Waals surface area contributed by atoms with Crippen molar-refractivity contribution in [1.29, 1.82) is 0 Å². The van der Waals surface area contributed by atoms with Crippen molar-refractivity contribution in [3.05, 3.63) is 17.5 Å². The fourth-order valence-corrected chi connectivity index (χ4v) is 1.80. The van der Waals surface area contributed by atoms with Crippen molar-refractivity contribution in [1.82, 2.24) is 15.1 Å². The predicted molar refractivity (Wildman–Crippen MR) is 74.6 cm³/mol. The minimum atomic E-state index is 0.347. The second-order valence-corrected chi connectivity index (χ2v) is 4.91. The van der Waals surface area contributed by atoms with Crippen molar-refractivity contribution < 1.29 is 4.74 Å². The standard InChI is InChI=1S/C14H27N3O/c1-5-13-10-14(17(4)16-13)11-15-8-6-7-9-18-12(2)3/h10,12,15H,5-9,11H2,1-4H3. The fourth-order valence-electron chi connectivity index (χ4n) is 1.80. The maximum Gasteiger partial charge on any atom is 0.0625 e. The monoisotopic (exact) mass is 253 g/mol. The highest BCUT2D eigenvalue weighted by Gasteiger charge is 2.02. The van der Waals surface area contributed by atoms with Crippen molar-refractivity contribution in [2.24, 2.45) is 7.05 Å². The molecule has 1 N–H and O–H groups in total. The van der Waals surface area contributed by atoms with Crippen LogP contribution in [0.2, 0.25) is 0 Å². The zero-order valence-electron chi connectivity index (χ0n) is 12.2. The average molecular weight is 253 g/mol. The third-order valence-corrected chi connectivity index (χ3v) is 2.89. The number of ether oxygens (including phenoxy) is 1.